The van der Waals surface area contributed by atoms with Crippen LogP contribution in [0.3, 0.4) is 0 Å². The van der Waals surface area contributed by atoms with E-state index in [0.717, 1.165) is 0 Å². The van der Waals surface area contributed by atoms with Gasteiger partial charge in [-0.05, 0) is 60.8 Å². The minimum atomic E-state index is -0.297. The molecule has 3 rings (SSSR count). The first-order chi connectivity index (χ1) is 18.2. The molecule has 216 valence electrons. The van der Waals surface area contributed by atoms with Crippen LogP contribution in [0.25, 0.3) is 0 Å². The molecule has 3 heterocycles. The fourth-order valence-corrected chi connectivity index (χ4v) is 4.25. The minimum Gasteiger partial charge on any atom is -0.503 e. The van der Waals surface area contributed by atoms with Crippen LogP contribution < -0.4 is 16.3 Å². The van der Waals surface area contributed by atoms with Gasteiger partial charge in [-0.15, -0.1) is 0 Å². The van der Waals surface area contributed by atoms with Crippen molar-refractivity contribution < 1.29 is 15.3 Å². The zero-order chi connectivity index (χ0) is 30.0. The van der Waals surface area contributed by atoms with Gasteiger partial charge in [0, 0.05) is 54.9 Å². The van der Waals surface area contributed by atoms with Crippen molar-refractivity contribution in [3.8, 4) is 17.2 Å². The quantitative estimate of drug-likeness (QED) is 0.397. The fraction of sp³-hybridized carbons (Fsp3) is 0.500. The second-order valence-electron chi connectivity index (χ2n) is 9.99. The van der Waals surface area contributed by atoms with Gasteiger partial charge in [0.1, 0.15) is 0 Å². The van der Waals surface area contributed by atoms with E-state index in [1.54, 1.807) is 18.6 Å². The van der Waals surface area contributed by atoms with Crippen molar-refractivity contribution in [1.82, 2.24) is 13.7 Å². The molecule has 3 N–H and O–H groups in total. The third kappa shape index (κ3) is 8.37. The average molecular weight is 544 g/mol. The summed E-state index contributed by atoms with van der Waals surface area (Å²) in [5, 5.41) is 28.5. The molecule has 0 amide bonds. The third-order valence-corrected chi connectivity index (χ3v) is 6.29. The largest absolute Gasteiger partial charge is 0.503 e. The Balaban J connectivity index is 0.000000292. The lowest BCUT2D eigenvalue weighted by molar-refractivity contribution is 0.441. The molecule has 9 heteroatoms. The molecule has 0 aliphatic rings. The summed E-state index contributed by atoms with van der Waals surface area (Å²) in [6, 6.07) is 4.99. The van der Waals surface area contributed by atoms with Crippen molar-refractivity contribution in [3.05, 3.63) is 84.5 Å². The van der Waals surface area contributed by atoms with Crippen LogP contribution in [-0.4, -0.2) is 29.0 Å². The zero-order valence-corrected chi connectivity index (χ0v) is 24.7. The normalized spacial score (nSPS) is 10.8. The lowest BCUT2D eigenvalue weighted by atomic mass is 10.2. The van der Waals surface area contributed by atoms with Gasteiger partial charge < -0.3 is 29.0 Å². The Hall–Kier alpha value is -3.75. The summed E-state index contributed by atoms with van der Waals surface area (Å²) in [4.78, 5) is 33.3. The first-order valence-electron chi connectivity index (χ1n) is 13.5. The van der Waals surface area contributed by atoms with Crippen LogP contribution >= 0.6 is 0 Å². The molecule has 3 aromatic heterocycles. The second-order valence-corrected chi connectivity index (χ2v) is 9.99. The van der Waals surface area contributed by atoms with E-state index in [0.29, 0.717) is 36.3 Å². The van der Waals surface area contributed by atoms with E-state index in [9.17, 15) is 29.7 Å². The number of aromatic hydroxyl groups is 3. The summed E-state index contributed by atoms with van der Waals surface area (Å²) in [6.07, 6.45) is 7.18. The van der Waals surface area contributed by atoms with Gasteiger partial charge in [-0.2, -0.15) is 0 Å². The van der Waals surface area contributed by atoms with Gasteiger partial charge in [0.05, 0.1) is 17.1 Å². The average Bonchev–Trinajstić information content (AvgIpc) is 2.88. The highest BCUT2D eigenvalue weighted by atomic mass is 16.3. The van der Waals surface area contributed by atoms with Crippen LogP contribution in [0.2, 0.25) is 0 Å². The highest BCUT2D eigenvalue weighted by Gasteiger charge is 2.11. The summed E-state index contributed by atoms with van der Waals surface area (Å²) in [7, 11) is 0. The Morgan fingerprint density at radius 1 is 0.513 bits per heavy atom. The lowest BCUT2D eigenvalue weighted by Crippen LogP contribution is -2.13. The van der Waals surface area contributed by atoms with E-state index in [-0.39, 0.29) is 51.7 Å². The highest BCUT2D eigenvalue weighted by Crippen LogP contribution is 2.18. The van der Waals surface area contributed by atoms with E-state index in [4.69, 9.17) is 0 Å². The summed E-state index contributed by atoms with van der Waals surface area (Å²) in [6.45, 7) is 17.9. The summed E-state index contributed by atoms with van der Waals surface area (Å²) >= 11 is 0. The summed E-state index contributed by atoms with van der Waals surface area (Å²) in [5.41, 5.74) is 1.24. The Morgan fingerprint density at radius 3 is 0.872 bits per heavy atom. The van der Waals surface area contributed by atoms with Gasteiger partial charge in [-0.1, -0.05) is 20.8 Å². The Morgan fingerprint density at radius 2 is 0.718 bits per heavy atom. The van der Waals surface area contributed by atoms with E-state index in [1.807, 2.05) is 76.0 Å². The second kappa shape index (κ2) is 15.0. The van der Waals surface area contributed by atoms with Crippen LogP contribution in [0.4, 0.5) is 0 Å². The monoisotopic (exact) mass is 543 g/mol. The molecule has 0 saturated heterocycles. The number of aromatic nitrogens is 3. The van der Waals surface area contributed by atoms with E-state index in [1.165, 1.54) is 18.2 Å². The summed E-state index contributed by atoms with van der Waals surface area (Å²) in [5.74, 6) is -0.337. The molecule has 0 aliphatic carbocycles. The molecule has 39 heavy (non-hydrogen) atoms. The van der Waals surface area contributed by atoms with Gasteiger partial charge in [0.2, 0.25) is 16.3 Å². The Bertz CT molecular complexity index is 1230. The van der Waals surface area contributed by atoms with Crippen LogP contribution in [0.15, 0.2) is 51.2 Å². The van der Waals surface area contributed by atoms with Gasteiger partial charge in [0.25, 0.3) is 0 Å². The molecule has 0 atom stereocenters. The van der Waals surface area contributed by atoms with Crippen molar-refractivity contribution in [2.24, 2.45) is 0 Å². The maximum absolute atomic E-state index is 11.1. The maximum atomic E-state index is 11.1. The molecule has 0 aromatic carbocycles. The molecule has 0 unspecified atom stereocenters. The molecule has 0 fully saturated rings. The summed E-state index contributed by atoms with van der Waals surface area (Å²) < 4.78 is 5.74. The van der Waals surface area contributed by atoms with Crippen LogP contribution in [0.1, 0.15) is 97.5 Å². The number of hydrogen-bond donors (Lipinski definition) is 3. The van der Waals surface area contributed by atoms with Crippen LogP contribution in [-0.2, 0) is 19.3 Å². The Kier molecular flexibility index (Phi) is 12.8. The molecule has 0 bridgehead atoms. The van der Waals surface area contributed by atoms with Gasteiger partial charge in [-0.3, -0.25) is 14.4 Å². The Labute approximate surface area is 230 Å². The third-order valence-electron chi connectivity index (χ3n) is 6.29. The predicted molar refractivity (Wildman–Crippen MR) is 156 cm³/mol. The molecule has 0 spiro atoms. The molecule has 3 aromatic rings. The first kappa shape index (κ1) is 33.3. The topological polar surface area (TPSA) is 127 Å². The van der Waals surface area contributed by atoms with Crippen molar-refractivity contribution in [2.75, 3.05) is 0 Å². The van der Waals surface area contributed by atoms with E-state index >= 15 is 0 Å². The van der Waals surface area contributed by atoms with Crippen molar-refractivity contribution in [1.29, 1.82) is 0 Å². The highest BCUT2D eigenvalue weighted by molar-refractivity contribution is 5.28. The van der Waals surface area contributed by atoms with Crippen LogP contribution in [0, 0.1) is 0 Å². The van der Waals surface area contributed by atoms with E-state index < -0.39 is 0 Å². The molecule has 0 radical (unpaired) electrons. The molecule has 0 aliphatic heterocycles. The van der Waals surface area contributed by atoms with Crippen molar-refractivity contribution >= 4 is 0 Å². The van der Waals surface area contributed by atoms with Crippen LogP contribution in [0.5, 0.6) is 17.2 Å². The van der Waals surface area contributed by atoms with Crippen molar-refractivity contribution in [3.63, 3.8) is 0 Å². The number of hydrogen-bond acceptors (Lipinski definition) is 6. The SMILES string of the molecule is CCc1c(O)c(=O)ccn1C(C)C.CCc1c(O)c(=O)ccn1C(C)C.CCc1c(O)c(=O)ccn1C(C)C. The number of pyridine rings is 3. The number of rotatable bonds is 6. The zero-order valence-electron chi connectivity index (χ0n) is 24.7. The molecular weight excluding hydrogens is 498 g/mol. The standard InChI is InChI=1S/3C10H15NO2/c3*1-4-8-10(13)9(12)5-6-11(8)7(2)3/h3*5-7,13H,4H2,1-3H3. The maximum Gasteiger partial charge on any atom is 0.223 e. The van der Waals surface area contributed by atoms with Gasteiger partial charge in [-0.25, -0.2) is 0 Å². The fourth-order valence-electron chi connectivity index (χ4n) is 4.25. The predicted octanol–water partition coefficient (Wildman–Crippen LogP) is 5.09. The number of nitrogens with zero attached hydrogens (tertiary/aromatic N) is 3. The minimum absolute atomic E-state index is 0.112. The van der Waals surface area contributed by atoms with Crippen molar-refractivity contribution in [2.45, 2.75) is 99.7 Å². The van der Waals surface area contributed by atoms with Gasteiger partial charge in [0.15, 0.2) is 17.2 Å². The lowest BCUT2D eigenvalue weighted by Gasteiger charge is -2.16. The smallest absolute Gasteiger partial charge is 0.223 e. The molecule has 0 saturated carbocycles. The first-order valence-corrected chi connectivity index (χ1v) is 13.5. The van der Waals surface area contributed by atoms with Gasteiger partial charge >= 0.3 is 0 Å². The molecular formula is C30H45N3O6. The van der Waals surface area contributed by atoms with E-state index in [2.05, 4.69) is 0 Å². The molecule has 9 nitrogen and oxygen atoms in total.